The van der Waals surface area contributed by atoms with E-state index in [0.717, 1.165) is 33.0 Å². The van der Waals surface area contributed by atoms with Gasteiger partial charge in [-0.1, -0.05) is 13.0 Å². The molecule has 3 heterocycles. The van der Waals surface area contributed by atoms with Gasteiger partial charge in [-0.2, -0.15) is 0 Å². The fourth-order valence-electron chi connectivity index (χ4n) is 3.54. The van der Waals surface area contributed by atoms with E-state index in [1.807, 2.05) is 0 Å². The topological polar surface area (TPSA) is 15.7 Å². The van der Waals surface area contributed by atoms with Crippen molar-refractivity contribution in [3.63, 3.8) is 0 Å². The number of anilines is 2. The summed E-state index contributed by atoms with van der Waals surface area (Å²) in [6.07, 6.45) is 3.54. The van der Waals surface area contributed by atoms with Crippen LogP contribution in [0.2, 0.25) is 0 Å². The molecule has 0 radical (unpaired) electrons. The van der Waals surface area contributed by atoms with Crippen LogP contribution in [0.4, 0.5) is 11.4 Å². The molecule has 0 amide bonds. The summed E-state index contributed by atoms with van der Waals surface area (Å²) in [7, 11) is 0. The molecule has 3 nitrogen and oxygen atoms in total. The molecule has 3 aliphatic rings. The molecule has 3 aliphatic heterocycles. The zero-order valence-electron chi connectivity index (χ0n) is 10.3. The molecule has 0 N–H and O–H groups in total. The van der Waals surface area contributed by atoms with Gasteiger partial charge in [-0.15, -0.1) is 0 Å². The van der Waals surface area contributed by atoms with Crippen LogP contribution in [-0.4, -0.2) is 26.6 Å². The average Bonchev–Trinajstić information content (AvgIpc) is 2.88. The van der Waals surface area contributed by atoms with Crippen LogP contribution >= 0.6 is 0 Å². The summed E-state index contributed by atoms with van der Waals surface area (Å²) in [5.41, 5.74) is 7.66. The van der Waals surface area contributed by atoms with E-state index in [0.29, 0.717) is 0 Å². The molecule has 0 bridgehead atoms. The molecule has 3 heteroatoms. The van der Waals surface area contributed by atoms with Gasteiger partial charge in [0, 0.05) is 13.1 Å². The Morgan fingerprint density at radius 1 is 1.12 bits per heavy atom. The number of hydrogen-bond donors (Lipinski definition) is 0. The van der Waals surface area contributed by atoms with E-state index in [1.54, 1.807) is 11.1 Å². The van der Waals surface area contributed by atoms with Gasteiger partial charge in [-0.25, -0.2) is 0 Å². The van der Waals surface area contributed by atoms with Crippen molar-refractivity contribution < 1.29 is 4.74 Å². The number of benzene rings is 1. The first-order chi connectivity index (χ1) is 8.38. The molecule has 0 aliphatic carbocycles. The lowest BCUT2D eigenvalue weighted by Gasteiger charge is -2.21. The molecule has 17 heavy (non-hydrogen) atoms. The highest BCUT2D eigenvalue weighted by Crippen LogP contribution is 2.46. The Bertz CT molecular complexity index is 484. The van der Waals surface area contributed by atoms with Crippen LogP contribution in [0.5, 0.6) is 0 Å². The Kier molecular flexibility index (Phi) is 1.95. The van der Waals surface area contributed by atoms with E-state index in [9.17, 15) is 0 Å². The first kappa shape index (κ1) is 9.77. The van der Waals surface area contributed by atoms with E-state index in [1.165, 1.54) is 29.8 Å². The average molecular weight is 230 g/mol. The van der Waals surface area contributed by atoms with Gasteiger partial charge < -0.3 is 14.5 Å². The van der Waals surface area contributed by atoms with Gasteiger partial charge in [0.15, 0.2) is 0 Å². The maximum atomic E-state index is 5.78. The number of nitrogens with zero attached hydrogens (tertiary/aromatic N) is 2. The fraction of sp³-hybridized carbons (Fsp3) is 0.571. The molecule has 0 spiro atoms. The minimum atomic E-state index is 0.765. The molecule has 0 atom stereocenters. The summed E-state index contributed by atoms with van der Waals surface area (Å²) in [6, 6.07) is 2.45. The van der Waals surface area contributed by atoms with Gasteiger partial charge >= 0.3 is 0 Å². The maximum Gasteiger partial charge on any atom is 0.121 e. The Morgan fingerprint density at radius 2 is 1.88 bits per heavy atom. The number of ether oxygens (including phenoxy) is 1. The van der Waals surface area contributed by atoms with Crippen LogP contribution in [0.3, 0.4) is 0 Å². The summed E-state index contributed by atoms with van der Waals surface area (Å²) in [5.74, 6) is 0. The lowest BCUT2D eigenvalue weighted by molar-refractivity contribution is 0.140. The summed E-state index contributed by atoms with van der Waals surface area (Å²) in [6.45, 7) is 6.06. The Hall–Kier alpha value is -1.22. The first-order valence-corrected chi connectivity index (χ1v) is 6.63. The number of aryl methyl sites for hydroxylation is 1. The molecular weight excluding hydrogens is 212 g/mol. The second kappa shape index (κ2) is 3.39. The van der Waals surface area contributed by atoms with Crippen LogP contribution < -0.4 is 9.80 Å². The van der Waals surface area contributed by atoms with Crippen LogP contribution in [0, 0.1) is 0 Å². The predicted molar refractivity (Wildman–Crippen MR) is 68.7 cm³/mol. The molecule has 1 aromatic carbocycles. The van der Waals surface area contributed by atoms with Gasteiger partial charge in [-0.05, 0) is 36.0 Å². The van der Waals surface area contributed by atoms with Gasteiger partial charge in [0.2, 0.25) is 0 Å². The molecule has 90 valence electrons. The maximum absolute atomic E-state index is 5.78. The van der Waals surface area contributed by atoms with E-state index in [4.69, 9.17) is 4.74 Å². The normalized spacial score (nSPS) is 20.8. The van der Waals surface area contributed by atoms with E-state index in [-0.39, 0.29) is 0 Å². The second-order valence-corrected chi connectivity index (χ2v) is 5.21. The third kappa shape index (κ3) is 1.20. The van der Waals surface area contributed by atoms with Gasteiger partial charge in [0.05, 0.1) is 11.4 Å². The Morgan fingerprint density at radius 3 is 2.71 bits per heavy atom. The SMILES string of the molecule is CCc1cc2c3c4c1CCN4COCN3CC2. The van der Waals surface area contributed by atoms with Crippen LogP contribution in [0.25, 0.3) is 0 Å². The molecular formula is C14H18N2O. The van der Waals surface area contributed by atoms with E-state index in [2.05, 4.69) is 22.8 Å². The van der Waals surface area contributed by atoms with Crippen molar-refractivity contribution in [2.24, 2.45) is 0 Å². The zero-order chi connectivity index (χ0) is 11.4. The largest absolute Gasteiger partial charge is 0.346 e. The van der Waals surface area contributed by atoms with Gasteiger partial charge in [0.25, 0.3) is 0 Å². The third-order valence-corrected chi connectivity index (χ3v) is 4.34. The van der Waals surface area contributed by atoms with Crippen molar-refractivity contribution in [3.8, 4) is 0 Å². The van der Waals surface area contributed by atoms with E-state index >= 15 is 0 Å². The Balaban J connectivity index is 2.00. The zero-order valence-corrected chi connectivity index (χ0v) is 10.3. The molecule has 0 fully saturated rings. The quantitative estimate of drug-likeness (QED) is 0.733. The van der Waals surface area contributed by atoms with Crippen LogP contribution in [0.1, 0.15) is 23.6 Å². The lowest BCUT2D eigenvalue weighted by Crippen LogP contribution is -2.25. The highest BCUT2D eigenvalue weighted by atomic mass is 16.5. The third-order valence-electron chi connectivity index (χ3n) is 4.34. The highest BCUT2D eigenvalue weighted by Gasteiger charge is 2.34. The summed E-state index contributed by atoms with van der Waals surface area (Å²) in [5, 5.41) is 0. The Labute approximate surface area is 102 Å². The monoisotopic (exact) mass is 230 g/mol. The van der Waals surface area contributed by atoms with Crippen LogP contribution in [0.15, 0.2) is 6.07 Å². The molecule has 0 saturated heterocycles. The summed E-state index contributed by atoms with van der Waals surface area (Å²) in [4.78, 5) is 4.84. The van der Waals surface area contributed by atoms with E-state index < -0.39 is 0 Å². The molecule has 0 saturated carbocycles. The van der Waals surface area contributed by atoms with Gasteiger partial charge in [0.1, 0.15) is 13.5 Å². The van der Waals surface area contributed by atoms with Crippen molar-refractivity contribution in [2.75, 3.05) is 36.4 Å². The van der Waals surface area contributed by atoms with Crippen LogP contribution in [-0.2, 0) is 24.0 Å². The summed E-state index contributed by atoms with van der Waals surface area (Å²) < 4.78 is 5.78. The van der Waals surface area contributed by atoms with Crippen molar-refractivity contribution >= 4 is 11.4 Å². The molecule has 0 aromatic heterocycles. The van der Waals surface area contributed by atoms with Gasteiger partial charge in [-0.3, -0.25) is 0 Å². The fourth-order valence-corrected chi connectivity index (χ4v) is 3.54. The molecule has 0 unspecified atom stereocenters. The predicted octanol–water partition coefficient (Wildman–Crippen LogP) is 1.92. The molecule has 4 rings (SSSR count). The van der Waals surface area contributed by atoms with Crippen molar-refractivity contribution in [1.29, 1.82) is 0 Å². The number of hydrogen-bond acceptors (Lipinski definition) is 3. The first-order valence-electron chi connectivity index (χ1n) is 6.63. The number of rotatable bonds is 1. The molecule has 1 aromatic rings. The highest BCUT2D eigenvalue weighted by molar-refractivity contribution is 5.83. The van der Waals surface area contributed by atoms with Crippen molar-refractivity contribution in [2.45, 2.75) is 26.2 Å². The van der Waals surface area contributed by atoms with Crippen molar-refractivity contribution in [3.05, 3.63) is 22.8 Å². The minimum Gasteiger partial charge on any atom is -0.346 e. The standard InChI is InChI=1S/C14H18N2O/c1-2-10-7-11-3-5-15-8-17-9-16-6-4-12(10)14(16)13(11)15/h7H,2-6,8-9H2,1H3. The smallest absolute Gasteiger partial charge is 0.121 e. The lowest BCUT2D eigenvalue weighted by atomic mass is 9.97. The minimum absolute atomic E-state index is 0.765. The summed E-state index contributed by atoms with van der Waals surface area (Å²) >= 11 is 0. The van der Waals surface area contributed by atoms with Crippen molar-refractivity contribution in [1.82, 2.24) is 0 Å². The second-order valence-electron chi connectivity index (χ2n) is 5.21.